The molecule has 1 N–H and O–H groups in total. The molecule has 4 fully saturated rings. The predicted molar refractivity (Wildman–Crippen MR) is 118 cm³/mol. The maximum atomic E-state index is 11.7. The number of fused-ring (bicyclic) bond motifs is 5. The van der Waals surface area contributed by atoms with Crippen molar-refractivity contribution in [3.8, 4) is 0 Å². The first-order valence-electron chi connectivity index (χ1n) is 12.5. The minimum absolute atomic E-state index is 0.0840. The lowest BCUT2D eigenvalue weighted by Gasteiger charge is -2.63. The van der Waals surface area contributed by atoms with Crippen LogP contribution in [-0.4, -0.2) is 37.5 Å². The highest BCUT2D eigenvalue weighted by molar-refractivity contribution is 5.69. The van der Waals surface area contributed by atoms with E-state index in [4.69, 9.17) is 9.47 Å². The molecule has 4 heteroatoms. The van der Waals surface area contributed by atoms with Crippen molar-refractivity contribution < 1.29 is 19.4 Å². The maximum absolute atomic E-state index is 11.7. The van der Waals surface area contributed by atoms with Gasteiger partial charge >= 0.3 is 5.97 Å². The molecule has 10 atom stereocenters. The van der Waals surface area contributed by atoms with Crippen LogP contribution in [0.15, 0.2) is 0 Å². The third-order valence-electron chi connectivity index (χ3n) is 10.8. The first-order valence-corrected chi connectivity index (χ1v) is 12.5. The van der Waals surface area contributed by atoms with Crippen LogP contribution in [0.1, 0.15) is 85.0 Å². The van der Waals surface area contributed by atoms with Crippen LogP contribution in [0.5, 0.6) is 0 Å². The van der Waals surface area contributed by atoms with Crippen LogP contribution < -0.4 is 0 Å². The summed E-state index contributed by atoms with van der Waals surface area (Å²) in [5.41, 5.74) is 0.581. The molecule has 0 spiro atoms. The summed E-state index contributed by atoms with van der Waals surface area (Å²) in [7, 11) is 3.42. The standard InChI is InChI=1S/C26H44O4/c1-16(6-11-24(28)30-5)20-9-10-21-19-8-7-17-14-18(27)12-13-25(17,2)22(19)15-23(29-4)26(20,21)3/h16-23,27H,6-15H2,1-5H3. The number of aliphatic hydroxyl groups is 1. The van der Waals surface area contributed by atoms with Gasteiger partial charge in [-0.05, 0) is 104 Å². The van der Waals surface area contributed by atoms with Gasteiger partial charge in [0.2, 0.25) is 0 Å². The lowest BCUT2D eigenvalue weighted by atomic mass is 9.43. The molecule has 10 unspecified atom stereocenters. The second kappa shape index (κ2) is 8.39. The van der Waals surface area contributed by atoms with Crippen molar-refractivity contribution in [2.45, 2.75) is 97.2 Å². The first kappa shape index (κ1) is 22.6. The van der Waals surface area contributed by atoms with Gasteiger partial charge in [-0.3, -0.25) is 4.79 Å². The van der Waals surface area contributed by atoms with Crippen LogP contribution in [-0.2, 0) is 14.3 Å². The van der Waals surface area contributed by atoms with E-state index < -0.39 is 0 Å². The second-order valence-corrected chi connectivity index (χ2v) is 11.7. The molecule has 30 heavy (non-hydrogen) atoms. The van der Waals surface area contributed by atoms with E-state index in [0.29, 0.717) is 35.7 Å². The maximum Gasteiger partial charge on any atom is 0.305 e. The molecule has 0 saturated heterocycles. The zero-order valence-corrected chi connectivity index (χ0v) is 19.9. The molecule has 172 valence electrons. The van der Waals surface area contributed by atoms with E-state index in [1.807, 2.05) is 7.11 Å². The molecule has 0 aromatic heterocycles. The Morgan fingerprint density at radius 1 is 1.07 bits per heavy atom. The molecule has 0 heterocycles. The summed E-state index contributed by atoms with van der Waals surface area (Å²) in [6.07, 6.45) is 11.2. The van der Waals surface area contributed by atoms with Gasteiger partial charge < -0.3 is 14.6 Å². The largest absolute Gasteiger partial charge is 0.469 e. The molecule has 4 aliphatic rings. The Hall–Kier alpha value is -0.610. The molecule has 4 rings (SSSR count). The van der Waals surface area contributed by atoms with Gasteiger partial charge in [-0.25, -0.2) is 0 Å². The van der Waals surface area contributed by atoms with Crippen LogP contribution in [0.4, 0.5) is 0 Å². The van der Waals surface area contributed by atoms with E-state index in [-0.39, 0.29) is 17.5 Å². The molecule has 4 aliphatic carbocycles. The molecule has 0 aromatic rings. The van der Waals surface area contributed by atoms with Crippen LogP contribution in [0.3, 0.4) is 0 Å². The van der Waals surface area contributed by atoms with Crippen molar-refractivity contribution in [2.75, 3.05) is 14.2 Å². The number of esters is 1. The fraction of sp³-hybridized carbons (Fsp3) is 0.962. The van der Waals surface area contributed by atoms with E-state index in [1.165, 1.54) is 45.6 Å². The molecule has 0 radical (unpaired) electrons. The molecule has 0 aromatic carbocycles. The highest BCUT2D eigenvalue weighted by Gasteiger charge is 2.64. The summed E-state index contributed by atoms with van der Waals surface area (Å²) < 4.78 is 11.2. The van der Waals surface area contributed by atoms with Crippen LogP contribution in [0.25, 0.3) is 0 Å². The van der Waals surface area contributed by atoms with Crippen LogP contribution in [0.2, 0.25) is 0 Å². The predicted octanol–water partition coefficient (Wildman–Crippen LogP) is 5.22. The summed E-state index contributed by atoms with van der Waals surface area (Å²) in [5.74, 6) is 4.00. The summed E-state index contributed by atoms with van der Waals surface area (Å²) in [5, 5.41) is 10.3. The number of ether oxygens (including phenoxy) is 2. The van der Waals surface area contributed by atoms with Gasteiger partial charge in [0.1, 0.15) is 0 Å². The summed E-state index contributed by atoms with van der Waals surface area (Å²) in [4.78, 5) is 11.7. The Balaban J connectivity index is 1.57. The lowest BCUT2D eigenvalue weighted by Crippen LogP contribution is -2.59. The van der Waals surface area contributed by atoms with Gasteiger partial charge in [0.25, 0.3) is 0 Å². The van der Waals surface area contributed by atoms with E-state index in [0.717, 1.165) is 37.0 Å². The number of carbonyl (C=O) groups excluding carboxylic acids is 1. The minimum Gasteiger partial charge on any atom is -0.469 e. The molecule has 4 nitrogen and oxygen atoms in total. The van der Waals surface area contributed by atoms with Gasteiger partial charge in [-0.15, -0.1) is 0 Å². The average Bonchev–Trinajstić information content (AvgIpc) is 3.09. The second-order valence-electron chi connectivity index (χ2n) is 11.7. The Labute approximate surface area is 183 Å². The normalized spacial score (nSPS) is 48.9. The van der Waals surface area contributed by atoms with E-state index >= 15 is 0 Å². The molecule has 0 amide bonds. The van der Waals surface area contributed by atoms with Gasteiger partial charge in [-0.1, -0.05) is 20.8 Å². The topological polar surface area (TPSA) is 55.8 Å². The van der Waals surface area contributed by atoms with Crippen molar-refractivity contribution in [1.82, 2.24) is 0 Å². The van der Waals surface area contributed by atoms with Gasteiger partial charge in [0, 0.05) is 13.5 Å². The fourth-order valence-electron chi connectivity index (χ4n) is 9.13. The van der Waals surface area contributed by atoms with Crippen LogP contribution >= 0.6 is 0 Å². The molecular formula is C26H44O4. The molecular weight excluding hydrogens is 376 g/mol. The highest BCUT2D eigenvalue weighted by Crippen LogP contribution is 2.68. The summed E-state index contributed by atoms with van der Waals surface area (Å²) in [6, 6.07) is 0. The number of methoxy groups -OCH3 is 2. The van der Waals surface area contributed by atoms with Gasteiger partial charge in [0.05, 0.1) is 19.3 Å². The third-order valence-corrected chi connectivity index (χ3v) is 10.8. The Bertz CT molecular complexity index is 635. The quantitative estimate of drug-likeness (QED) is 0.620. The molecule has 0 bridgehead atoms. The Morgan fingerprint density at radius 2 is 1.83 bits per heavy atom. The third kappa shape index (κ3) is 3.45. The Morgan fingerprint density at radius 3 is 2.53 bits per heavy atom. The van der Waals surface area contributed by atoms with Gasteiger partial charge in [-0.2, -0.15) is 0 Å². The minimum atomic E-state index is -0.0850. The number of hydrogen-bond acceptors (Lipinski definition) is 4. The zero-order valence-electron chi connectivity index (χ0n) is 19.9. The molecule has 4 saturated carbocycles. The Kier molecular flexibility index (Phi) is 6.31. The van der Waals surface area contributed by atoms with E-state index in [2.05, 4.69) is 20.8 Å². The van der Waals surface area contributed by atoms with Gasteiger partial charge in [0.15, 0.2) is 0 Å². The fourth-order valence-corrected chi connectivity index (χ4v) is 9.13. The molecule has 0 aliphatic heterocycles. The average molecular weight is 421 g/mol. The lowest BCUT2D eigenvalue weighted by molar-refractivity contribution is -0.183. The number of rotatable bonds is 5. The first-order chi connectivity index (χ1) is 14.3. The number of aliphatic hydroxyl groups excluding tert-OH is 1. The van der Waals surface area contributed by atoms with Crippen molar-refractivity contribution >= 4 is 5.97 Å². The highest BCUT2D eigenvalue weighted by atomic mass is 16.5. The monoisotopic (exact) mass is 420 g/mol. The SMILES string of the molecule is COC(=O)CCC(C)C1CCC2C3CCC4CC(O)CCC4(C)C3CC(OC)C12C. The van der Waals surface area contributed by atoms with Crippen molar-refractivity contribution in [1.29, 1.82) is 0 Å². The van der Waals surface area contributed by atoms with Crippen molar-refractivity contribution in [2.24, 2.45) is 46.3 Å². The number of hydrogen-bond donors (Lipinski definition) is 1. The van der Waals surface area contributed by atoms with Crippen LogP contribution in [0, 0.1) is 46.3 Å². The number of carbonyl (C=O) groups is 1. The summed E-state index contributed by atoms with van der Waals surface area (Å²) >= 11 is 0. The zero-order chi connectivity index (χ0) is 21.7. The van der Waals surface area contributed by atoms with Crippen molar-refractivity contribution in [3.63, 3.8) is 0 Å². The van der Waals surface area contributed by atoms with Crippen molar-refractivity contribution in [3.05, 3.63) is 0 Å². The summed E-state index contributed by atoms with van der Waals surface area (Å²) in [6.45, 7) is 7.41. The smallest absolute Gasteiger partial charge is 0.305 e. The van der Waals surface area contributed by atoms with E-state index in [1.54, 1.807) is 0 Å². The van der Waals surface area contributed by atoms with E-state index in [9.17, 15) is 9.90 Å².